The maximum Gasteiger partial charge on any atom is 0.271 e. The summed E-state index contributed by atoms with van der Waals surface area (Å²) in [6.07, 6.45) is 0.417. The summed E-state index contributed by atoms with van der Waals surface area (Å²) in [7, 11) is 0. The van der Waals surface area contributed by atoms with Crippen LogP contribution in [0, 0.1) is 17.0 Å². The molecule has 1 aliphatic rings. The first kappa shape index (κ1) is 17.3. The Bertz CT molecular complexity index is 906. The Morgan fingerprint density at radius 3 is 2.58 bits per heavy atom. The predicted octanol–water partition coefficient (Wildman–Crippen LogP) is 3.02. The topological polar surface area (TPSA) is 105 Å². The van der Waals surface area contributed by atoms with Crippen molar-refractivity contribution >= 4 is 34.6 Å². The summed E-state index contributed by atoms with van der Waals surface area (Å²) in [6, 6.07) is 12.8. The molecule has 26 heavy (non-hydrogen) atoms. The Labute approximate surface area is 149 Å². The number of anilines is 2. The predicted molar refractivity (Wildman–Crippen MR) is 97.1 cm³/mol. The van der Waals surface area contributed by atoms with Crippen LogP contribution in [0.2, 0.25) is 0 Å². The van der Waals surface area contributed by atoms with E-state index in [1.54, 1.807) is 6.07 Å². The number of hydrazone groups is 1. The van der Waals surface area contributed by atoms with E-state index in [1.165, 1.54) is 29.3 Å². The van der Waals surface area contributed by atoms with Crippen LogP contribution in [0.15, 0.2) is 53.6 Å². The van der Waals surface area contributed by atoms with Gasteiger partial charge in [-0.3, -0.25) is 19.7 Å². The molecule has 8 nitrogen and oxygen atoms in total. The van der Waals surface area contributed by atoms with Crippen molar-refractivity contribution in [3.05, 3.63) is 64.2 Å². The summed E-state index contributed by atoms with van der Waals surface area (Å²) in [5.74, 6) is -0.619. The number of benzene rings is 2. The van der Waals surface area contributed by atoms with Crippen molar-refractivity contribution in [3.8, 4) is 0 Å². The number of nitro benzene ring substituents is 1. The number of amides is 2. The highest BCUT2D eigenvalue weighted by molar-refractivity contribution is 6.44. The van der Waals surface area contributed by atoms with Crippen molar-refractivity contribution in [2.45, 2.75) is 19.8 Å². The molecule has 132 valence electrons. The number of non-ortho nitro benzene ring substituents is 1. The molecule has 2 amide bonds. The molecule has 0 aliphatic carbocycles. The molecule has 0 saturated heterocycles. The van der Waals surface area contributed by atoms with E-state index in [2.05, 4.69) is 10.4 Å². The molecule has 2 aromatic carbocycles. The van der Waals surface area contributed by atoms with E-state index in [9.17, 15) is 19.7 Å². The Kier molecular flexibility index (Phi) is 4.74. The molecule has 0 spiro atoms. The summed E-state index contributed by atoms with van der Waals surface area (Å²) in [5, 5.41) is 18.7. The number of nitrogens with zero attached hydrogens (tertiary/aromatic N) is 3. The van der Waals surface area contributed by atoms with Crippen molar-refractivity contribution in [1.82, 2.24) is 0 Å². The number of nitro groups is 1. The minimum atomic E-state index is -0.512. The third kappa shape index (κ3) is 3.75. The fourth-order valence-electron chi connectivity index (χ4n) is 2.55. The number of rotatable bonds is 4. The number of hydrogen-bond acceptors (Lipinski definition) is 5. The van der Waals surface area contributed by atoms with Crippen LogP contribution >= 0.6 is 0 Å². The van der Waals surface area contributed by atoms with Gasteiger partial charge in [0.15, 0.2) is 0 Å². The summed E-state index contributed by atoms with van der Waals surface area (Å²) in [6.45, 7) is 1.91. The minimum absolute atomic E-state index is 0.0609. The quantitative estimate of drug-likeness (QED) is 0.674. The third-order valence-corrected chi connectivity index (χ3v) is 3.88. The van der Waals surface area contributed by atoms with Crippen molar-refractivity contribution in [1.29, 1.82) is 0 Å². The first-order valence-corrected chi connectivity index (χ1v) is 7.97. The SMILES string of the molecule is Cc1cccc(N2N=C(C(=O)Nc3ccc([N+](=O)[O-])cc3)CCC2=O)c1. The van der Waals surface area contributed by atoms with Gasteiger partial charge in [0.25, 0.3) is 11.6 Å². The van der Waals surface area contributed by atoms with E-state index in [4.69, 9.17) is 0 Å². The van der Waals surface area contributed by atoms with Crippen LogP contribution in [0.25, 0.3) is 0 Å². The lowest BCUT2D eigenvalue weighted by atomic mass is 10.1. The van der Waals surface area contributed by atoms with Crippen molar-refractivity contribution in [3.63, 3.8) is 0 Å². The molecule has 0 unspecified atom stereocenters. The van der Waals surface area contributed by atoms with Gasteiger partial charge >= 0.3 is 0 Å². The van der Waals surface area contributed by atoms with Gasteiger partial charge in [-0.05, 0) is 36.8 Å². The zero-order valence-electron chi connectivity index (χ0n) is 14.0. The molecule has 0 bridgehead atoms. The standard InChI is InChI=1S/C18H16N4O4/c1-12-3-2-4-15(11-12)21-17(23)10-9-16(20-21)18(24)19-13-5-7-14(8-6-13)22(25)26/h2-8,11H,9-10H2,1H3,(H,19,24). The molecule has 2 aromatic rings. The lowest BCUT2D eigenvalue weighted by molar-refractivity contribution is -0.384. The van der Waals surface area contributed by atoms with E-state index >= 15 is 0 Å². The molecule has 3 rings (SSSR count). The maximum atomic E-state index is 12.4. The second-order valence-electron chi connectivity index (χ2n) is 5.85. The normalized spacial score (nSPS) is 14.0. The molecule has 8 heteroatoms. The van der Waals surface area contributed by atoms with Crippen molar-refractivity contribution in [2.75, 3.05) is 10.3 Å². The lowest BCUT2D eigenvalue weighted by Crippen LogP contribution is -2.36. The van der Waals surface area contributed by atoms with Crippen LogP contribution < -0.4 is 10.3 Å². The molecule has 1 heterocycles. The Hall–Kier alpha value is -3.55. The van der Waals surface area contributed by atoms with Gasteiger partial charge < -0.3 is 5.32 Å². The molecular formula is C18H16N4O4. The van der Waals surface area contributed by atoms with Crippen LogP contribution in [0.4, 0.5) is 17.1 Å². The van der Waals surface area contributed by atoms with Gasteiger partial charge in [0, 0.05) is 30.7 Å². The van der Waals surface area contributed by atoms with Gasteiger partial charge in [-0.2, -0.15) is 5.10 Å². The zero-order chi connectivity index (χ0) is 18.7. The summed E-state index contributed by atoms with van der Waals surface area (Å²) in [5.41, 5.74) is 2.17. The van der Waals surface area contributed by atoms with Gasteiger partial charge in [-0.1, -0.05) is 12.1 Å². The first-order chi connectivity index (χ1) is 12.4. The number of aryl methyl sites for hydroxylation is 1. The van der Waals surface area contributed by atoms with E-state index in [1.807, 2.05) is 25.1 Å². The highest BCUT2D eigenvalue weighted by Gasteiger charge is 2.25. The average molecular weight is 352 g/mol. The number of nitrogens with one attached hydrogen (secondary N) is 1. The molecule has 1 N–H and O–H groups in total. The molecule has 0 atom stereocenters. The van der Waals surface area contributed by atoms with Crippen LogP contribution in [0.5, 0.6) is 0 Å². The molecule has 0 radical (unpaired) electrons. The second-order valence-corrected chi connectivity index (χ2v) is 5.85. The fraction of sp³-hybridized carbons (Fsp3) is 0.167. The Morgan fingerprint density at radius 2 is 1.92 bits per heavy atom. The number of carbonyl (C=O) groups is 2. The zero-order valence-corrected chi connectivity index (χ0v) is 14.0. The van der Waals surface area contributed by atoms with Crippen LogP contribution in [-0.2, 0) is 9.59 Å². The molecule has 0 fully saturated rings. The van der Waals surface area contributed by atoms with Gasteiger partial charge in [0.05, 0.1) is 10.6 Å². The summed E-state index contributed by atoms with van der Waals surface area (Å²) >= 11 is 0. The van der Waals surface area contributed by atoms with Crippen LogP contribution in [0.1, 0.15) is 18.4 Å². The number of hydrogen-bond donors (Lipinski definition) is 1. The maximum absolute atomic E-state index is 12.4. The van der Waals surface area contributed by atoms with Gasteiger partial charge in [0.1, 0.15) is 5.71 Å². The Balaban J connectivity index is 1.79. The Morgan fingerprint density at radius 1 is 1.19 bits per heavy atom. The van der Waals surface area contributed by atoms with E-state index < -0.39 is 10.8 Å². The lowest BCUT2D eigenvalue weighted by Gasteiger charge is -2.23. The van der Waals surface area contributed by atoms with E-state index in [0.29, 0.717) is 11.4 Å². The van der Waals surface area contributed by atoms with Crippen molar-refractivity contribution in [2.24, 2.45) is 5.10 Å². The van der Waals surface area contributed by atoms with Gasteiger partial charge in [-0.15, -0.1) is 0 Å². The van der Waals surface area contributed by atoms with E-state index in [0.717, 1.165) is 5.56 Å². The van der Waals surface area contributed by atoms with E-state index in [-0.39, 0.29) is 30.1 Å². The van der Waals surface area contributed by atoms with Crippen LogP contribution in [0.3, 0.4) is 0 Å². The molecule has 0 saturated carbocycles. The van der Waals surface area contributed by atoms with Gasteiger partial charge in [0.2, 0.25) is 5.91 Å². The molecule has 1 aliphatic heterocycles. The van der Waals surface area contributed by atoms with Crippen LogP contribution in [-0.4, -0.2) is 22.4 Å². The minimum Gasteiger partial charge on any atom is -0.321 e. The summed E-state index contributed by atoms with van der Waals surface area (Å²) in [4.78, 5) is 34.7. The molecule has 0 aromatic heterocycles. The fourth-order valence-corrected chi connectivity index (χ4v) is 2.55. The summed E-state index contributed by atoms with van der Waals surface area (Å²) < 4.78 is 0. The third-order valence-electron chi connectivity index (χ3n) is 3.88. The smallest absolute Gasteiger partial charge is 0.271 e. The second kappa shape index (κ2) is 7.14. The highest BCUT2D eigenvalue weighted by atomic mass is 16.6. The first-order valence-electron chi connectivity index (χ1n) is 7.97. The van der Waals surface area contributed by atoms with Crippen molar-refractivity contribution < 1.29 is 14.5 Å². The molecular weight excluding hydrogens is 336 g/mol. The largest absolute Gasteiger partial charge is 0.321 e. The highest BCUT2D eigenvalue weighted by Crippen LogP contribution is 2.22. The van der Waals surface area contributed by atoms with Gasteiger partial charge in [-0.25, -0.2) is 5.01 Å². The average Bonchev–Trinajstić information content (AvgIpc) is 2.62. The number of carbonyl (C=O) groups excluding carboxylic acids is 2. The monoisotopic (exact) mass is 352 g/mol.